The van der Waals surface area contributed by atoms with Gasteiger partial charge in [-0.3, -0.25) is 9.48 Å². The van der Waals surface area contributed by atoms with Crippen LogP contribution in [0.5, 0.6) is 0 Å². The van der Waals surface area contributed by atoms with Crippen molar-refractivity contribution in [1.29, 1.82) is 0 Å². The number of nitrogens with zero attached hydrogens (tertiary/aromatic N) is 4. The number of fused-ring (bicyclic) bond motifs is 1. The Kier molecular flexibility index (Phi) is 4.17. The maximum atomic E-state index is 12.4. The van der Waals surface area contributed by atoms with Crippen molar-refractivity contribution in [3.05, 3.63) is 46.0 Å². The van der Waals surface area contributed by atoms with Crippen LogP contribution in [0.4, 0.5) is 0 Å². The maximum Gasteiger partial charge on any atom is 0.300 e. The molecule has 1 aromatic carbocycles. The summed E-state index contributed by atoms with van der Waals surface area (Å²) in [6, 6.07) is 6.03. The first-order valence-electron chi connectivity index (χ1n) is 7.76. The number of rotatable bonds is 3. The molecule has 6 heteroatoms. The molecule has 0 atom stereocenters. The van der Waals surface area contributed by atoms with Crippen LogP contribution < -0.4 is 4.80 Å². The maximum absolute atomic E-state index is 12.4. The summed E-state index contributed by atoms with van der Waals surface area (Å²) in [5, 5.41) is 4.23. The number of aryl methyl sites for hydroxylation is 4. The van der Waals surface area contributed by atoms with E-state index < -0.39 is 0 Å². The summed E-state index contributed by atoms with van der Waals surface area (Å²) in [4.78, 5) is 17.4. The van der Waals surface area contributed by atoms with Crippen molar-refractivity contribution in [3.8, 4) is 0 Å². The molecule has 0 bridgehead atoms. The van der Waals surface area contributed by atoms with Gasteiger partial charge in [0.15, 0.2) is 10.5 Å². The lowest BCUT2D eigenvalue weighted by molar-refractivity contribution is 0.0992. The Hall–Kier alpha value is -2.21. The number of aromatic nitrogens is 3. The van der Waals surface area contributed by atoms with E-state index in [2.05, 4.69) is 47.6 Å². The molecule has 2 heterocycles. The molecule has 0 unspecified atom stereocenters. The Balaban J connectivity index is 2.15. The highest BCUT2D eigenvalue weighted by Crippen LogP contribution is 2.23. The van der Waals surface area contributed by atoms with Gasteiger partial charge in [0.05, 0.1) is 10.2 Å². The van der Waals surface area contributed by atoms with Gasteiger partial charge in [0.2, 0.25) is 0 Å². The molecule has 5 nitrogen and oxygen atoms in total. The Morgan fingerprint density at radius 1 is 1.26 bits per heavy atom. The molecule has 0 spiro atoms. The number of amides is 1. The molecule has 0 fully saturated rings. The standard InChI is InChI=1S/C17H20N4OS/c1-5-20-8-7-13(19-20)16(22)18-17-21(6-2)14-10-11(3)9-12(4)15(14)23-17/h7-10H,5-6H2,1-4H3. The van der Waals surface area contributed by atoms with Crippen molar-refractivity contribution in [1.82, 2.24) is 14.3 Å². The molecule has 0 aliphatic carbocycles. The van der Waals surface area contributed by atoms with E-state index >= 15 is 0 Å². The SMILES string of the molecule is CCn1ccc(C(=O)N=c2sc3c(C)cc(C)cc3n2CC)n1. The minimum atomic E-state index is -0.291. The summed E-state index contributed by atoms with van der Waals surface area (Å²) in [6.07, 6.45) is 1.80. The average Bonchev–Trinajstić information content (AvgIpc) is 3.11. The first kappa shape index (κ1) is 15.7. The Labute approximate surface area is 138 Å². The number of hydrogen-bond acceptors (Lipinski definition) is 3. The smallest absolute Gasteiger partial charge is 0.300 e. The molecule has 1 amide bonds. The van der Waals surface area contributed by atoms with Crippen LogP contribution in [0.3, 0.4) is 0 Å². The van der Waals surface area contributed by atoms with Crippen molar-refractivity contribution in [2.45, 2.75) is 40.8 Å². The van der Waals surface area contributed by atoms with Crippen molar-refractivity contribution in [2.75, 3.05) is 0 Å². The van der Waals surface area contributed by atoms with Gasteiger partial charge in [-0.25, -0.2) is 0 Å². The zero-order chi connectivity index (χ0) is 16.6. The quantitative estimate of drug-likeness (QED) is 0.741. The van der Waals surface area contributed by atoms with Crippen molar-refractivity contribution in [3.63, 3.8) is 0 Å². The molecule has 0 aliphatic heterocycles. The van der Waals surface area contributed by atoms with Crippen LogP contribution >= 0.6 is 11.3 Å². The van der Waals surface area contributed by atoms with E-state index in [4.69, 9.17) is 0 Å². The molecular formula is C17H20N4OS. The van der Waals surface area contributed by atoms with Gasteiger partial charge in [-0.2, -0.15) is 10.1 Å². The number of thiazole rings is 1. The van der Waals surface area contributed by atoms with E-state index in [0.717, 1.165) is 23.4 Å². The minimum Gasteiger partial charge on any atom is -0.317 e. The van der Waals surface area contributed by atoms with Gasteiger partial charge in [0.25, 0.3) is 5.91 Å². The molecule has 0 saturated carbocycles. The summed E-state index contributed by atoms with van der Waals surface area (Å²) in [6.45, 7) is 9.76. The lowest BCUT2D eigenvalue weighted by Crippen LogP contribution is -2.16. The predicted molar refractivity (Wildman–Crippen MR) is 92.8 cm³/mol. The second kappa shape index (κ2) is 6.12. The third kappa shape index (κ3) is 2.86. The highest BCUT2D eigenvalue weighted by atomic mass is 32.1. The Morgan fingerprint density at radius 2 is 2.04 bits per heavy atom. The summed E-state index contributed by atoms with van der Waals surface area (Å²) in [5.41, 5.74) is 3.96. The van der Waals surface area contributed by atoms with Gasteiger partial charge in [-0.15, -0.1) is 0 Å². The molecule has 0 N–H and O–H groups in total. The zero-order valence-corrected chi connectivity index (χ0v) is 14.6. The van der Waals surface area contributed by atoms with Gasteiger partial charge in [-0.1, -0.05) is 17.4 Å². The summed E-state index contributed by atoms with van der Waals surface area (Å²) < 4.78 is 5.01. The van der Waals surface area contributed by atoms with Gasteiger partial charge in [0.1, 0.15) is 0 Å². The average molecular weight is 328 g/mol. The van der Waals surface area contributed by atoms with E-state index in [1.807, 2.05) is 6.92 Å². The fourth-order valence-corrected chi connectivity index (χ4v) is 3.84. The molecule has 0 aliphatic rings. The van der Waals surface area contributed by atoms with E-state index in [-0.39, 0.29) is 5.91 Å². The summed E-state index contributed by atoms with van der Waals surface area (Å²) in [5.74, 6) is -0.291. The lowest BCUT2D eigenvalue weighted by Gasteiger charge is -2.02. The second-order valence-corrected chi connectivity index (χ2v) is 6.51. The zero-order valence-electron chi connectivity index (χ0n) is 13.8. The van der Waals surface area contributed by atoms with Crippen LogP contribution in [0.15, 0.2) is 29.4 Å². The number of carbonyl (C=O) groups excluding carboxylic acids is 1. The first-order valence-corrected chi connectivity index (χ1v) is 8.58. The lowest BCUT2D eigenvalue weighted by atomic mass is 10.1. The van der Waals surface area contributed by atoms with Gasteiger partial charge in [0, 0.05) is 19.3 Å². The topological polar surface area (TPSA) is 52.2 Å². The van der Waals surface area contributed by atoms with E-state index in [0.29, 0.717) is 5.69 Å². The van der Waals surface area contributed by atoms with Gasteiger partial charge < -0.3 is 4.57 Å². The monoisotopic (exact) mass is 328 g/mol. The third-order valence-corrected chi connectivity index (χ3v) is 5.04. The van der Waals surface area contributed by atoms with E-state index in [1.165, 1.54) is 15.8 Å². The fourth-order valence-electron chi connectivity index (χ4n) is 2.70. The number of hydrogen-bond donors (Lipinski definition) is 0. The highest BCUT2D eigenvalue weighted by Gasteiger charge is 2.12. The van der Waals surface area contributed by atoms with Crippen molar-refractivity contribution >= 4 is 27.5 Å². The van der Waals surface area contributed by atoms with Gasteiger partial charge >= 0.3 is 0 Å². The van der Waals surface area contributed by atoms with Crippen LogP contribution in [0, 0.1) is 13.8 Å². The Bertz CT molecular complexity index is 945. The fraction of sp³-hybridized carbons (Fsp3) is 0.353. The van der Waals surface area contributed by atoms with Crippen LogP contribution in [0.1, 0.15) is 35.5 Å². The predicted octanol–water partition coefficient (Wildman–Crippen LogP) is 3.30. The van der Waals surface area contributed by atoms with Crippen LogP contribution in [0.25, 0.3) is 10.2 Å². The molecule has 23 heavy (non-hydrogen) atoms. The van der Waals surface area contributed by atoms with Crippen LogP contribution in [-0.2, 0) is 13.1 Å². The largest absolute Gasteiger partial charge is 0.317 e. The van der Waals surface area contributed by atoms with E-state index in [1.54, 1.807) is 28.3 Å². The molecule has 2 aromatic heterocycles. The minimum absolute atomic E-state index is 0.291. The van der Waals surface area contributed by atoms with Crippen LogP contribution in [0.2, 0.25) is 0 Å². The summed E-state index contributed by atoms with van der Waals surface area (Å²) in [7, 11) is 0. The Morgan fingerprint density at radius 3 is 2.70 bits per heavy atom. The second-order valence-electron chi connectivity index (χ2n) is 5.53. The van der Waals surface area contributed by atoms with Gasteiger partial charge in [-0.05, 0) is 51.0 Å². The molecule has 3 rings (SSSR count). The number of benzene rings is 1. The molecular weight excluding hydrogens is 308 g/mol. The molecule has 120 valence electrons. The third-order valence-electron chi connectivity index (χ3n) is 3.81. The van der Waals surface area contributed by atoms with Crippen LogP contribution in [-0.4, -0.2) is 20.3 Å². The molecule has 0 radical (unpaired) electrons. The normalized spacial score (nSPS) is 12.3. The number of carbonyl (C=O) groups is 1. The van der Waals surface area contributed by atoms with E-state index in [9.17, 15) is 4.79 Å². The van der Waals surface area contributed by atoms with Crippen molar-refractivity contribution < 1.29 is 4.79 Å². The first-order chi connectivity index (χ1) is 11.0. The highest BCUT2D eigenvalue weighted by molar-refractivity contribution is 7.16. The molecule has 3 aromatic rings. The molecule has 0 saturated heterocycles. The summed E-state index contributed by atoms with van der Waals surface area (Å²) >= 11 is 1.56. The van der Waals surface area contributed by atoms with Crippen molar-refractivity contribution in [2.24, 2.45) is 4.99 Å².